The van der Waals surface area contributed by atoms with Gasteiger partial charge in [-0.3, -0.25) is 0 Å². The van der Waals surface area contributed by atoms with Gasteiger partial charge in [0.25, 0.3) is 0 Å². The topological polar surface area (TPSA) is 85.2 Å². The second-order valence-corrected chi connectivity index (χ2v) is 6.54. The Hall–Kier alpha value is -3.21. The van der Waals surface area contributed by atoms with Gasteiger partial charge in [0.2, 0.25) is 5.82 Å². The summed E-state index contributed by atoms with van der Waals surface area (Å²) < 4.78 is 1.67. The van der Waals surface area contributed by atoms with E-state index in [-0.39, 0.29) is 0 Å². The summed E-state index contributed by atoms with van der Waals surface area (Å²) in [4.78, 5) is 1.49. The number of nitriles is 1. The van der Waals surface area contributed by atoms with Crippen LogP contribution in [-0.4, -0.2) is 30.0 Å². The molecular formula is C18H11Cl2N7. The minimum atomic E-state index is 0.456. The molecule has 0 atom stereocenters. The van der Waals surface area contributed by atoms with Gasteiger partial charge in [0.1, 0.15) is 0 Å². The van der Waals surface area contributed by atoms with E-state index in [2.05, 4.69) is 26.6 Å². The first-order valence-electron chi connectivity index (χ1n) is 7.90. The van der Waals surface area contributed by atoms with Crippen molar-refractivity contribution >= 4 is 23.2 Å². The highest BCUT2D eigenvalue weighted by atomic mass is 35.5. The van der Waals surface area contributed by atoms with Crippen LogP contribution in [-0.2, 0) is 6.54 Å². The van der Waals surface area contributed by atoms with Gasteiger partial charge in [0.05, 0.1) is 45.7 Å². The molecule has 0 aliphatic rings. The van der Waals surface area contributed by atoms with E-state index >= 15 is 0 Å². The number of halogens is 2. The third kappa shape index (κ3) is 3.67. The lowest BCUT2D eigenvalue weighted by molar-refractivity contribution is 0.573. The fourth-order valence-corrected chi connectivity index (χ4v) is 2.77. The third-order valence-electron chi connectivity index (χ3n) is 3.87. The fraction of sp³-hybridized carbons (Fsp3) is 0.0556. The summed E-state index contributed by atoms with van der Waals surface area (Å²) in [6.07, 6.45) is 3.45. The van der Waals surface area contributed by atoms with Gasteiger partial charge in [-0.15, -0.1) is 10.2 Å². The first-order chi connectivity index (χ1) is 13.1. The van der Waals surface area contributed by atoms with Crippen LogP contribution in [0.5, 0.6) is 0 Å². The number of aromatic nitrogens is 6. The van der Waals surface area contributed by atoms with Crippen molar-refractivity contribution in [3.05, 3.63) is 76.0 Å². The molecule has 2 aromatic heterocycles. The Bertz CT molecular complexity index is 1140. The normalized spacial score (nSPS) is 10.7. The monoisotopic (exact) mass is 395 g/mol. The largest absolute Gasteiger partial charge is 0.240 e. The maximum Gasteiger partial charge on any atom is 0.208 e. The van der Waals surface area contributed by atoms with Gasteiger partial charge < -0.3 is 0 Å². The maximum atomic E-state index is 8.85. The highest BCUT2D eigenvalue weighted by molar-refractivity contribution is 6.42. The standard InChI is InChI=1S/C18H11Cl2N7/c19-16-6-5-15(7-17(16)20)26-11-14(9-22-26)18-23-25-27(24-18)10-13-3-1-12(8-21)2-4-13/h1-7,9,11H,10H2. The zero-order chi connectivity index (χ0) is 18.8. The Morgan fingerprint density at radius 2 is 1.85 bits per heavy atom. The fourth-order valence-electron chi connectivity index (χ4n) is 2.48. The first kappa shape index (κ1) is 17.2. The molecule has 0 fully saturated rings. The number of tetrazole rings is 1. The number of benzene rings is 2. The quantitative estimate of drug-likeness (QED) is 0.525. The lowest BCUT2D eigenvalue weighted by Gasteiger charge is -2.02. The van der Waals surface area contributed by atoms with Crippen molar-refractivity contribution in [2.45, 2.75) is 6.54 Å². The number of nitrogens with zero attached hydrogens (tertiary/aromatic N) is 7. The molecule has 4 aromatic rings. The number of hydrogen-bond acceptors (Lipinski definition) is 5. The molecule has 27 heavy (non-hydrogen) atoms. The molecule has 4 rings (SSSR count). The summed E-state index contributed by atoms with van der Waals surface area (Å²) >= 11 is 12.0. The lowest BCUT2D eigenvalue weighted by atomic mass is 10.1. The van der Waals surface area contributed by atoms with E-state index < -0.39 is 0 Å². The van der Waals surface area contributed by atoms with Crippen LogP contribution in [0.2, 0.25) is 10.0 Å². The van der Waals surface area contributed by atoms with Gasteiger partial charge in [-0.2, -0.15) is 15.2 Å². The van der Waals surface area contributed by atoms with Crippen LogP contribution in [0.4, 0.5) is 0 Å². The minimum absolute atomic E-state index is 0.456. The lowest BCUT2D eigenvalue weighted by Crippen LogP contribution is -2.03. The molecule has 9 heteroatoms. The van der Waals surface area contributed by atoms with Gasteiger partial charge in [-0.1, -0.05) is 35.3 Å². The Morgan fingerprint density at radius 3 is 2.59 bits per heavy atom. The average molecular weight is 396 g/mol. The zero-order valence-corrected chi connectivity index (χ0v) is 15.3. The highest BCUT2D eigenvalue weighted by Crippen LogP contribution is 2.25. The summed E-state index contributed by atoms with van der Waals surface area (Å²) in [5, 5.41) is 26.6. The summed E-state index contributed by atoms with van der Waals surface area (Å²) in [7, 11) is 0. The van der Waals surface area contributed by atoms with Crippen molar-refractivity contribution in [1.82, 2.24) is 30.0 Å². The van der Waals surface area contributed by atoms with Crippen molar-refractivity contribution < 1.29 is 0 Å². The smallest absolute Gasteiger partial charge is 0.208 e. The van der Waals surface area contributed by atoms with Crippen LogP contribution in [0.1, 0.15) is 11.1 Å². The van der Waals surface area contributed by atoms with E-state index in [0.717, 1.165) is 16.8 Å². The summed E-state index contributed by atoms with van der Waals surface area (Å²) in [6, 6.07) is 14.6. The zero-order valence-electron chi connectivity index (χ0n) is 13.8. The second kappa shape index (κ2) is 7.19. The van der Waals surface area contributed by atoms with Crippen molar-refractivity contribution in [2.75, 3.05) is 0 Å². The van der Waals surface area contributed by atoms with Gasteiger partial charge in [-0.25, -0.2) is 4.68 Å². The van der Waals surface area contributed by atoms with E-state index in [1.165, 1.54) is 4.80 Å². The molecule has 2 heterocycles. The van der Waals surface area contributed by atoms with Crippen LogP contribution in [0.15, 0.2) is 54.9 Å². The first-order valence-corrected chi connectivity index (χ1v) is 8.65. The third-order valence-corrected chi connectivity index (χ3v) is 4.61. The van der Waals surface area contributed by atoms with Crippen LogP contribution in [0, 0.1) is 11.3 Å². The van der Waals surface area contributed by atoms with E-state index in [1.807, 2.05) is 18.2 Å². The molecule has 2 aromatic carbocycles. The van der Waals surface area contributed by atoms with Crippen LogP contribution >= 0.6 is 23.2 Å². The number of rotatable bonds is 4. The van der Waals surface area contributed by atoms with E-state index in [9.17, 15) is 0 Å². The molecule has 0 saturated heterocycles. The Labute approximate surface area is 164 Å². The van der Waals surface area contributed by atoms with E-state index in [4.69, 9.17) is 28.5 Å². The summed E-state index contributed by atoms with van der Waals surface area (Å²) in [5.41, 5.74) is 3.10. The molecular weight excluding hydrogens is 385 g/mol. The molecule has 0 spiro atoms. The Morgan fingerprint density at radius 1 is 1.04 bits per heavy atom. The predicted molar refractivity (Wildman–Crippen MR) is 101 cm³/mol. The van der Waals surface area contributed by atoms with Gasteiger partial charge in [-0.05, 0) is 41.1 Å². The molecule has 132 valence electrons. The molecule has 0 unspecified atom stereocenters. The van der Waals surface area contributed by atoms with E-state index in [1.54, 1.807) is 41.3 Å². The van der Waals surface area contributed by atoms with Crippen molar-refractivity contribution in [2.24, 2.45) is 0 Å². The van der Waals surface area contributed by atoms with Gasteiger partial charge >= 0.3 is 0 Å². The predicted octanol–water partition coefficient (Wildman–Crippen LogP) is 3.75. The van der Waals surface area contributed by atoms with Gasteiger partial charge in [0, 0.05) is 6.20 Å². The van der Waals surface area contributed by atoms with Crippen LogP contribution < -0.4 is 0 Å². The Balaban J connectivity index is 1.54. The SMILES string of the molecule is N#Cc1ccc(Cn2nnc(-c3cnn(-c4ccc(Cl)c(Cl)c4)c3)n2)cc1. The van der Waals surface area contributed by atoms with Crippen molar-refractivity contribution in [3.63, 3.8) is 0 Å². The maximum absolute atomic E-state index is 8.85. The molecule has 7 nitrogen and oxygen atoms in total. The molecule has 0 radical (unpaired) electrons. The molecule has 0 saturated carbocycles. The number of hydrogen-bond donors (Lipinski definition) is 0. The van der Waals surface area contributed by atoms with Crippen LogP contribution in [0.25, 0.3) is 17.1 Å². The summed E-state index contributed by atoms with van der Waals surface area (Å²) in [6.45, 7) is 0.458. The molecule has 0 amide bonds. The Kier molecular flexibility index (Phi) is 4.59. The molecule has 0 aliphatic heterocycles. The molecule has 0 aliphatic carbocycles. The molecule has 0 bridgehead atoms. The summed E-state index contributed by atoms with van der Waals surface area (Å²) in [5.74, 6) is 0.468. The second-order valence-electron chi connectivity index (χ2n) is 5.72. The van der Waals surface area contributed by atoms with Crippen molar-refractivity contribution in [3.8, 4) is 23.1 Å². The minimum Gasteiger partial charge on any atom is -0.240 e. The van der Waals surface area contributed by atoms with Gasteiger partial charge in [0.15, 0.2) is 0 Å². The highest BCUT2D eigenvalue weighted by Gasteiger charge is 2.10. The van der Waals surface area contributed by atoms with Crippen LogP contribution in [0.3, 0.4) is 0 Å². The molecule has 0 N–H and O–H groups in total. The van der Waals surface area contributed by atoms with E-state index in [0.29, 0.717) is 28.0 Å². The van der Waals surface area contributed by atoms with Crippen molar-refractivity contribution in [1.29, 1.82) is 5.26 Å². The average Bonchev–Trinajstić information content (AvgIpc) is 3.34.